The predicted molar refractivity (Wildman–Crippen MR) is 105 cm³/mol. The third-order valence-corrected chi connectivity index (χ3v) is 6.22. The van der Waals surface area contributed by atoms with Crippen LogP contribution >= 0.6 is 22.9 Å². The van der Waals surface area contributed by atoms with Gasteiger partial charge < -0.3 is 4.90 Å². The highest BCUT2D eigenvalue weighted by atomic mass is 35.5. The quantitative estimate of drug-likeness (QED) is 0.546. The lowest BCUT2D eigenvalue weighted by Gasteiger charge is -2.38. The number of amides is 1. The molecule has 3 aromatic heterocycles. The third-order valence-electron chi connectivity index (χ3n) is 5.14. The summed E-state index contributed by atoms with van der Waals surface area (Å²) in [6, 6.07) is 6.43. The Morgan fingerprint density at radius 1 is 1.29 bits per heavy atom. The van der Waals surface area contributed by atoms with Crippen molar-refractivity contribution in [3.63, 3.8) is 0 Å². The first-order chi connectivity index (χ1) is 13.3. The fourth-order valence-electron chi connectivity index (χ4n) is 3.79. The summed E-state index contributed by atoms with van der Waals surface area (Å²) in [5.41, 5.74) is 0.123. The maximum atomic E-state index is 14.1. The molecule has 1 fully saturated rings. The molecule has 0 bridgehead atoms. The molecule has 28 heavy (non-hydrogen) atoms. The number of fused-ring (bicyclic) bond motifs is 1. The number of aromatic nitrogens is 3. The van der Waals surface area contributed by atoms with Gasteiger partial charge in [0.25, 0.3) is 5.91 Å². The van der Waals surface area contributed by atoms with Crippen LogP contribution in [0, 0.1) is 0 Å². The van der Waals surface area contributed by atoms with Crippen molar-refractivity contribution < 1.29 is 13.6 Å². The number of hydrogen-bond acceptors (Lipinski definition) is 4. The highest BCUT2D eigenvalue weighted by molar-refractivity contribution is 7.13. The van der Waals surface area contributed by atoms with E-state index in [0.717, 1.165) is 28.7 Å². The van der Waals surface area contributed by atoms with E-state index < -0.39 is 11.1 Å². The van der Waals surface area contributed by atoms with Gasteiger partial charge in [0.05, 0.1) is 10.6 Å². The fourth-order valence-corrected chi connectivity index (χ4v) is 4.61. The normalized spacial score (nSPS) is 20.7. The molecule has 4 rings (SSSR count). The van der Waals surface area contributed by atoms with E-state index >= 15 is 0 Å². The molecule has 0 aliphatic carbocycles. The van der Waals surface area contributed by atoms with Crippen molar-refractivity contribution in [1.29, 1.82) is 0 Å². The van der Waals surface area contributed by atoms with Gasteiger partial charge in [-0.3, -0.25) is 4.79 Å². The molecule has 2 atom stereocenters. The number of halogens is 3. The third kappa shape index (κ3) is 3.39. The fraction of sp³-hybridized carbons (Fsp3) is 0.421. The number of rotatable bonds is 3. The minimum atomic E-state index is -3.65. The van der Waals surface area contributed by atoms with Gasteiger partial charge in [0, 0.05) is 18.2 Å². The van der Waals surface area contributed by atoms with Crippen LogP contribution in [0.4, 0.5) is 8.78 Å². The zero-order chi connectivity index (χ0) is 20.1. The van der Waals surface area contributed by atoms with Gasteiger partial charge in [-0.15, -0.1) is 11.3 Å². The lowest BCUT2D eigenvalue weighted by atomic mass is 9.97. The molecular weight excluding hydrogens is 406 g/mol. The molecule has 4 heterocycles. The second kappa shape index (κ2) is 7.08. The average molecular weight is 425 g/mol. The first kappa shape index (κ1) is 19.3. The van der Waals surface area contributed by atoms with Crippen LogP contribution in [0.5, 0.6) is 0 Å². The van der Waals surface area contributed by atoms with Crippen molar-refractivity contribution in [1.82, 2.24) is 19.5 Å². The van der Waals surface area contributed by atoms with Crippen LogP contribution in [0.15, 0.2) is 29.6 Å². The highest BCUT2D eigenvalue weighted by Crippen LogP contribution is 2.35. The zero-order valence-corrected chi connectivity index (χ0v) is 17.0. The molecule has 148 valence electrons. The number of likely N-dealkylation sites (tertiary alicyclic amines) is 1. The van der Waals surface area contributed by atoms with Crippen molar-refractivity contribution in [2.75, 3.05) is 0 Å². The number of carbonyl (C=O) groups is 1. The van der Waals surface area contributed by atoms with Crippen LogP contribution in [-0.4, -0.2) is 37.5 Å². The Bertz CT molecular complexity index is 1010. The molecular formula is C19H19ClF2N4OS. The Morgan fingerprint density at radius 3 is 2.61 bits per heavy atom. The molecule has 1 aliphatic heterocycles. The van der Waals surface area contributed by atoms with Crippen LogP contribution in [0.2, 0.25) is 0 Å². The minimum absolute atomic E-state index is 0.0737. The summed E-state index contributed by atoms with van der Waals surface area (Å²) in [5.74, 6) is -0.272. The maximum absolute atomic E-state index is 14.1. The van der Waals surface area contributed by atoms with Crippen molar-refractivity contribution >= 4 is 34.5 Å². The minimum Gasteiger partial charge on any atom is -0.332 e. The van der Waals surface area contributed by atoms with Gasteiger partial charge >= 0.3 is 5.38 Å². The molecule has 0 radical (unpaired) electrons. The summed E-state index contributed by atoms with van der Waals surface area (Å²) in [7, 11) is 0. The number of piperidine rings is 1. The Kier molecular flexibility index (Phi) is 4.87. The Labute approximate surface area is 169 Å². The van der Waals surface area contributed by atoms with Crippen molar-refractivity contribution in [2.24, 2.45) is 0 Å². The predicted octanol–water partition coefficient (Wildman–Crippen LogP) is 5.15. The van der Waals surface area contributed by atoms with Crippen molar-refractivity contribution in [3.8, 4) is 10.6 Å². The lowest BCUT2D eigenvalue weighted by molar-refractivity contribution is 0.0502. The lowest BCUT2D eigenvalue weighted by Crippen LogP contribution is -2.47. The summed E-state index contributed by atoms with van der Waals surface area (Å²) in [6.07, 6.45) is 2.89. The van der Waals surface area contributed by atoms with E-state index in [9.17, 15) is 13.6 Å². The first-order valence-electron chi connectivity index (χ1n) is 9.10. The monoisotopic (exact) mass is 424 g/mol. The molecule has 2 unspecified atom stereocenters. The Morgan fingerprint density at radius 2 is 2.00 bits per heavy atom. The van der Waals surface area contributed by atoms with Crippen LogP contribution in [-0.2, 0) is 5.38 Å². The van der Waals surface area contributed by atoms with Gasteiger partial charge in [-0.2, -0.15) is 13.9 Å². The van der Waals surface area contributed by atoms with Gasteiger partial charge in [0.1, 0.15) is 5.69 Å². The van der Waals surface area contributed by atoms with Crippen LogP contribution in [0.1, 0.15) is 49.3 Å². The molecule has 9 heteroatoms. The van der Waals surface area contributed by atoms with E-state index in [4.69, 9.17) is 11.6 Å². The van der Waals surface area contributed by atoms with E-state index in [2.05, 4.69) is 10.1 Å². The second-order valence-corrected chi connectivity index (χ2v) is 8.57. The van der Waals surface area contributed by atoms with Crippen molar-refractivity contribution in [2.45, 2.75) is 50.6 Å². The number of carbonyl (C=O) groups excluding carboxylic acids is 1. The summed E-state index contributed by atoms with van der Waals surface area (Å²) >= 11 is 6.73. The molecule has 0 saturated carbocycles. The number of hydrogen-bond donors (Lipinski definition) is 0. The molecule has 3 aromatic rings. The van der Waals surface area contributed by atoms with Crippen molar-refractivity contribution in [3.05, 3.63) is 41.0 Å². The topological polar surface area (TPSA) is 50.5 Å². The van der Waals surface area contributed by atoms with E-state index in [1.165, 1.54) is 23.5 Å². The summed E-state index contributed by atoms with van der Waals surface area (Å²) in [4.78, 5) is 20.0. The molecule has 1 aliphatic rings. The Hall–Kier alpha value is -2.06. The zero-order valence-electron chi connectivity index (χ0n) is 15.4. The van der Waals surface area contributed by atoms with Gasteiger partial charge in [-0.25, -0.2) is 9.50 Å². The first-order valence-corrected chi connectivity index (χ1v) is 10.4. The van der Waals surface area contributed by atoms with E-state index in [1.807, 2.05) is 25.3 Å². The molecule has 0 N–H and O–H groups in total. The van der Waals surface area contributed by atoms with Gasteiger partial charge in [-0.1, -0.05) is 6.07 Å². The van der Waals surface area contributed by atoms with E-state index in [-0.39, 0.29) is 29.3 Å². The maximum Gasteiger partial charge on any atom is 0.364 e. The average Bonchev–Trinajstić information content (AvgIpc) is 3.29. The number of alkyl halides is 3. The SMILES string of the molecule is CC1CCCC(C)N1C(=O)c1cc2nc(-c3cccs3)cc(C(F)(F)Cl)n2n1. The molecule has 1 amide bonds. The largest absolute Gasteiger partial charge is 0.364 e. The van der Waals surface area contributed by atoms with Gasteiger partial charge in [0.2, 0.25) is 0 Å². The van der Waals surface area contributed by atoms with Crippen LogP contribution in [0.25, 0.3) is 16.2 Å². The van der Waals surface area contributed by atoms with E-state index in [0.29, 0.717) is 5.69 Å². The van der Waals surface area contributed by atoms with Gasteiger partial charge in [-0.05, 0) is 62.2 Å². The second-order valence-electron chi connectivity index (χ2n) is 7.14. The smallest absolute Gasteiger partial charge is 0.332 e. The standard InChI is InChI=1S/C19H19ClF2N4OS/c1-11-5-3-6-12(2)25(11)18(27)14-10-17-23-13(15-7-4-8-28-15)9-16(19(20,21)22)26(17)24-14/h4,7-12H,3,5-6H2,1-2H3. The number of thiophene rings is 1. The summed E-state index contributed by atoms with van der Waals surface area (Å²) in [5, 5.41) is 2.34. The van der Waals surface area contributed by atoms with Crippen LogP contribution < -0.4 is 0 Å². The molecule has 0 spiro atoms. The summed E-state index contributed by atoms with van der Waals surface area (Å²) in [6.45, 7) is 3.99. The van der Waals surface area contributed by atoms with E-state index in [1.54, 1.807) is 11.0 Å². The Balaban J connectivity index is 1.83. The molecule has 1 saturated heterocycles. The molecule has 0 aromatic carbocycles. The summed E-state index contributed by atoms with van der Waals surface area (Å²) < 4.78 is 29.1. The number of nitrogens with zero attached hydrogens (tertiary/aromatic N) is 4. The van der Waals surface area contributed by atoms with Crippen LogP contribution in [0.3, 0.4) is 0 Å². The van der Waals surface area contributed by atoms with Gasteiger partial charge in [0.15, 0.2) is 11.3 Å². The molecule has 5 nitrogen and oxygen atoms in total. The highest BCUT2D eigenvalue weighted by Gasteiger charge is 2.35.